The Morgan fingerprint density at radius 2 is 1.83 bits per heavy atom. The summed E-state index contributed by atoms with van der Waals surface area (Å²) in [5.41, 5.74) is 7.83. The first-order chi connectivity index (χ1) is 13.6. The van der Waals surface area contributed by atoms with Crippen molar-refractivity contribution in [1.29, 1.82) is 0 Å². The molecular weight excluding hydrogens is 393 g/mol. The lowest BCUT2D eigenvalue weighted by molar-refractivity contribution is 0.0774. The van der Waals surface area contributed by atoms with Crippen LogP contribution in [0.25, 0.3) is 5.69 Å². The maximum Gasteiger partial charge on any atom is 0.293 e. The molecule has 2 heterocycles. The van der Waals surface area contributed by atoms with Crippen molar-refractivity contribution in [3.05, 3.63) is 77.6 Å². The first-order valence-electron chi connectivity index (χ1n) is 9.30. The van der Waals surface area contributed by atoms with Crippen LogP contribution in [-0.4, -0.2) is 45.2 Å². The number of hydrogen-bond donors (Lipinski definition) is 1. The molecule has 1 aromatic heterocycles. The summed E-state index contributed by atoms with van der Waals surface area (Å²) in [5, 5.41) is 4.36. The molecule has 0 bridgehead atoms. The number of amides is 1. The van der Waals surface area contributed by atoms with Crippen molar-refractivity contribution in [3.63, 3.8) is 0 Å². The predicted octanol–water partition coefficient (Wildman–Crippen LogP) is 2.95. The number of likely N-dealkylation sites (tertiary alicyclic amines) is 1. The molecule has 6 nitrogen and oxygen atoms in total. The number of rotatable bonds is 4. The van der Waals surface area contributed by atoms with E-state index < -0.39 is 0 Å². The van der Waals surface area contributed by atoms with Crippen LogP contribution in [0.15, 0.2) is 54.6 Å². The highest BCUT2D eigenvalue weighted by Crippen LogP contribution is 2.32. The van der Waals surface area contributed by atoms with Gasteiger partial charge in [-0.15, -0.1) is 17.5 Å². The van der Waals surface area contributed by atoms with Crippen LogP contribution >= 0.6 is 12.4 Å². The molecule has 1 saturated heterocycles. The quantitative estimate of drug-likeness (QED) is 0.710. The van der Waals surface area contributed by atoms with E-state index in [2.05, 4.69) is 22.2 Å². The molecule has 2 atom stereocenters. The number of hydrogen-bond acceptors (Lipinski definition) is 4. The van der Waals surface area contributed by atoms with Gasteiger partial charge in [-0.25, -0.2) is 14.1 Å². The lowest BCUT2D eigenvalue weighted by atomic mass is 9.89. The Labute approximate surface area is 175 Å². The first kappa shape index (κ1) is 21.0. The molecule has 1 fully saturated rings. The molecule has 4 rings (SSSR count). The lowest BCUT2D eigenvalue weighted by Gasteiger charge is -2.16. The summed E-state index contributed by atoms with van der Waals surface area (Å²) in [6, 6.07) is 16.1. The fourth-order valence-electron chi connectivity index (χ4n) is 3.80. The second kappa shape index (κ2) is 8.71. The van der Waals surface area contributed by atoms with Gasteiger partial charge < -0.3 is 10.6 Å². The zero-order valence-corrected chi connectivity index (χ0v) is 16.8. The van der Waals surface area contributed by atoms with Crippen molar-refractivity contribution in [1.82, 2.24) is 19.7 Å². The van der Waals surface area contributed by atoms with Gasteiger partial charge in [0.1, 0.15) is 11.6 Å². The zero-order valence-electron chi connectivity index (χ0n) is 16.0. The fraction of sp³-hybridized carbons (Fsp3) is 0.286. The molecule has 3 aromatic rings. The van der Waals surface area contributed by atoms with E-state index in [1.165, 1.54) is 17.7 Å². The monoisotopic (exact) mass is 415 g/mol. The predicted molar refractivity (Wildman–Crippen MR) is 111 cm³/mol. The van der Waals surface area contributed by atoms with E-state index >= 15 is 0 Å². The molecule has 0 saturated carbocycles. The molecule has 152 valence electrons. The van der Waals surface area contributed by atoms with E-state index in [9.17, 15) is 9.18 Å². The molecule has 0 aliphatic carbocycles. The van der Waals surface area contributed by atoms with Crippen LogP contribution < -0.4 is 5.73 Å². The summed E-state index contributed by atoms with van der Waals surface area (Å²) < 4.78 is 14.7. The maximum atomic E-state index is 13.2. The number of nitrogens with two attached hydrogens (primary N) is 1. The van der Waals surface area contributed by atoms with Gasteiger partial charge in [0.15, 0.2) is 0 Å². The van der Waals surface area contributed by atoms with Crippen molar-refractivity contribution in [2.24, 2.45) is 11.7 Å². The number of carbonyl (C=O) groups is 1. The van der Waals surface area contributed by atoms with Gasteiger partial charge in [-0.1, -0.05) is 30.3 Å². The van der Waals surface area contributed by atoms with Gasteiger partial charge in [0.25, 0.3) is 5.91 Å². The minimum atomic E-state index is -0.324. The van der Waals surface area contributed by atoms with E-state index in [-0.39, 0.29) is 41.8 Å². The second-order valence-electron chi connectivity index (χ2n) is 7.09. The number of aromatic nitrogens is 3. The Kier molecular flexibility index (Phi) is 6.30. The van der Waals surface area contributed by atoms with E-state index in [0.717, 1.165) is 0 Å². The molecule has 1 aliphatic heterocycles. The largest absolute Gasteiger partial charge is 0.335 e. The summed E-state index contributed by atoms with van der Waals surface area (Å²) in [6.45, 7) is 3.46. The average molecular weight is 416 g/mol. The Bertz CT molecular complexity index is 976. The standard InChI is InChI=1S/C21H22FN5O.ClH/c1-14-24-20(25-27(14)18-9-7-17(22)8-10-18)21(28)26-12-16(11-23)19(13-26)15-5-3-2-4-6-15;/h2-10,16,19H,11-13,23H2,1H3;1H/t16-,19+;/m1./s1. The Hall–Kier alpha value is -2.77. The van der Waals surface area contributed by atoms with Crippen LogP contribution in [0.5, 0.6) is 0 Å². The van der Waals surface area contributed by atoms with Gasteiger partial charge in [0.2, 0.25) is 5.82 Å². The minimum Gasteiger partial charge on any atom is -0.335 e. The molecule has 2 aromatic carbocycles. The van der Waals surface area contributed by atoms with Crippen LogP contribution in [0.3, 0.4) is 0 Å². The van der Waals surface area contributed by atoms with Crippen LogP contribution in [0.4, 0.5) is 4.39 Å². The molecule has 29 heavy (non-hydrogen) atoms. The van der Waals surface area contributed by atoms with Crippen molar-refractivity contribution < 1.29 is 9.18 Å². The van der Waals surface area contributed by atoms with Crippen molar-refractivity contribution >= 4 is 18.3 Å². The summed E-state index contributed by atoms with van der Waals surface area (Å²) in [5.74, 6) is 0.591. The highest BCUT2D eigenvalue weighted by atomic mass is 35.5. The highest BCUT2D eigenvalue weighted by molar-refractivity contribution is 5.90. The summed E-state index contributed by atoms with van der Waals surface area (Å²) in [4.78, 5) is 19.1. The van der Waals surface area contributed by atoms with E-state index in [0.29, 0.717) is 31.1 Å². The van der Waals surface area contributed by atoms with Gasteiger partial charge in [-0.3, -0.25) is 4.79 Å². The number of nitrogens with zero attached hydrogens (tertiary/aromatic N) is 4. The van der Waals surface area contributed by atoms with Crippen molar-refractivity contribution in [2.45, 2.75) is 12.8 Å². The van der Waals surface area contributed by atoms with Crippen LogP contribution in [-0.2, 0) is 0 Å². The highest BCUT2D eigenvalue weighted by Gasteiger charge is 2.36. The van der Waals surface area contributed by atoms with Crippen LogP contribution in [0.1, 0.15) is 27.9 Å². The van der Waals surface area contributed by atoms with E-state index in [1.54, 1.807) is 28.6 Å². The van der Waals surface area contributed by atoms with Gasteiger partial charge in [0, 0.05) is 19.0 Å². The zero-order chi connectivity index (χ0) is 19.7. The number of benzene rings is 2. The molecule has 0 spiro atoms. The SMILES string of the molecule is Cc1nc(C(=O)N2C[C@@H](CN)[C@H](c3ccccc3)C2)nn1-c1ccc(F)cc1.Cl. The van der Waals surface area contributed by atoms with E-state index in [1.807, 2.05) is 18.2 Å². The third-order valence-electron chi connectivity index (χ3n) is 5.29. The molecular formula is C21H23ClFN5O. The first-order valence-corrected chi connectivity index (χ1v) is 9.30. The summed E-state index contributed by atoms with van der Waals surface area (Å²) in [6.07, 6.45) is 0. The number of carbonyl (C=O) groups excluding carboxylic acids is 1. The smallest absolute Gasteiger partial charge is 0.293 e. The minimum absolute atomic E-state index is 0. The Morgan fingerprint density at radius 3 is 2.48 bits per heavy atom. The van der Waals surface area contributed by atoms with Gasteiger partial charge in [0.05, 0.1) is 5.69 Å². The Morgan fingerprint density at radius 1 is 1.14 bits per heavy atom. The third kappa shape index (κ3) is 4.16. The third-order valence-corrected chi connectivity index (χ3v) is 5.29. The van der Waals surface area contributed by atoms with E-state index in [4.69, 9.17) is 5.73 Å². The fourth-order valence-corrected chi connectivity index (χ4v) is 3.80. The second-order valence-corrected chi connectivity index (χ2v) is 7.09. The molecule has 1 aliphatic rings. The molecule has 1 amide bonds. The topological polar surface area (TPSA) is 77.0 Å². The number of halogens is 2. The van der Waals surface area contributed by atoms with Crippen LogP contribution in [0, 0.1) is 18.7 Å². The average Bonchev–Trinajstić information content (AvgIpc) is 3.32. The lowest BCUT2D eigenvalue weighted by Crippen LogP contribution is -2.30. The normalized spacial score (nSPS) is 18.5. The maximum absolute atomic E-state index is 13.2. The summed E-state index contributed by atoms with van der Waals surface area (Å²) in [7, 11) is 0. The van der Waals surface area contributed by atoms with Gasteiger partial charge in [-0.05, 0) is 49.2 Å². The summed E-state index contributed by atoms with van der Waals surface area (Å²) >= 11 is 0. The molecule has 0 unspecified atom stereocenters. The van der Waals surface area contributed by atoms with Gasteiger partial charge >= 0.3 is 0 Å². The van der Waals surface area contributed by atoms with Crippen molar-refractivity contribution in [3.8, 4) is 5.69 Å². The Balaban J connectivity index is 0.00000240. The molecule has 8 heteroatoms. The molecule has 0 radical (unpaired) electrons. The van der Waals surface area contributed by atoms with Gasteiger partial charge in [-0.2, -0.15) is 0 Å². The molecule has 2 N–H and O–H groups in total. The van der Waals surface area contributed by atoms with Crippen molar-refractivity contribution in [2.75, 3.05) is 19.6 Å². The van der Waals surface area contributed by atoms with Crippen LogP contribution in [0.2, 0.25) is 0 Å². The number of aryl methyl sites for hydroxylation is 1.